The zero-order valence-electron chi connectivity index (χ0n) is 19.3. The van der Waals surface area contributed by atoms with Crippen molar-refractivity contribution < 1.29 is 9.53 Å². The molecule has 0 saturated carbocycles. The second kappa shape index (κ2) is 9.72. The summed E-state index contributed by atoms with van der Waals surface area (Å²) in [6.07, 6.45) is 6.23. The fourth-order valence-corrected chi connectivity index (χ4v) is 4.54. The molecule has 9 heteroatoms. The lowest BCUT2D eigenvalue weighted by Gasteiger charge is -2.34. The molecule has 2 saturated heterocycles. The highest BCUT2D eigenvalue weighted by Crippen LogP contribution is 2.26. The van der Waals surface area contributed by atoms with Gasteiger partial charge in [0.2, 0.25) is 5.95 Å². The third kappa shape index (κ3) is 4.56. The van der Waals surface area contributed by atoms with Crippen LogP contribution in [0, 0.1) is 0 Å². The highest BCUT2D eigenvalue weighted by atomic mass is 16.5. The summed E-state index contributed by atoms with van der Waals surface area (Å²) in [6.45, 7) is 3.34. The number of piperidine rings is 1. The lowest BCUT2D eigenvalue weighted by molar-refractivity contribution is 0.0389. The summed E-state index contributed by atoms with van der Waals surface area (Å²) in [5, 5.41) is 0. The van der Waals surface area contributed by atoms with Crippen LogP contribution in [0.4, 0.5) is 5.95 Å². The van der Waals surface area contributed by atoms with Crippen LogP contribution in [0.25, 0.3) is 11.4 Å². The van der Waals surface area contributed by atoms with Crippen LogP contribution in [-0.4, -0.2) is 63.1 Å². The van der Waals surface area contributed by atoms with Crippen LogP contribution in [0.3, 0.4) is 0 Å². The lowest BCUT2D eigenvalue weighted by Crippen LogP contribution is -2.41. The number of carbonyl (C=O) groups is 1. The Morgan fingerprint density at radius 1 is 1.03 bits per heavy atom. The van der Waals surface area contributed by atoms with Crippen molar-refractivity contribution in [2.24, 2.45) is 7.05 Å². The fraction of sp³-hybridized carbons (Fsp3) is 0.400. The number of aromatic nitrogens is 4. The molecule has 34 heavy (non-hydrogen) atoms. The molecule has 3 aromatic rings. The first-order valence-corrected chi connectivity index (χ1v) is 11.7. The molecular formula is C25H28N6O3. The molecule has 0 bridgehead atoms. The van der Waals surface area contributed by atoms with Crippen molar-refractivity contribution in [3.8, 4) is 11.4 Å². The number of anilines is 1. The number of likely N-dealkylation sites (tertiary alicyclic amines) is 1. The molecular weight excluding hydrogens is 432 g/mol. The van der Waals surface area contributed by atoms with Crippen LogP contribution in [0.5, 0.6) is 0 Å². The monoisotopic (exact) mass is 460 g/mol. The summed E-state index contributed by atoms with van der Waals surface area (Å²) < 4.78 is 7.59. The van der Waals surface area contributed by atoms with Crippen LogP contribution >= 0.6 is 0 Å². The molecule has 1 aromatic carbocycles. The average Bonchev–Trinajstić information content (AvgIpc) is 2.91. The van der Waals surface area contributed by atoms with E-state index in [4.69, 9.17) is 9.72 Å². The number of morpholine rings is 1. The van der Waals surface area contributed by atoms with Crippen molar-refractivity contribution in [2.45, 2.75) is 25.4 Å². The molecule has 2 aliphatic heterocycles. The van der Waals surface area contributed by atoms with Crippen LogP contribution < -0.4 is 10.5 Å². The Hall–Kier alpha value is -3.59. The second-order valence-corrected chi connectivity index (χ2v) is 8.71. The summed E-state index contributed by atoms with van der Waals surface area (Å²) in [4.78, 5) is 42.3. The first kappa shape index (κ1) is 22.2. The van der Waals surface area contributed by atoms with E-state index in [0.717, 1.165) is 31.5 Å². The Labute approximate surface area is 198 Å². The van der Waals surface area contributed by atoms with Gasteiger partial charge in [0, 0.05) is 44.5 Å². The molecule has 1 amide bonds. The number of benzene rings is 1. The first-order chi connectivity index (χ1) is 16.6. The van der Waals surface area contributed by atoms with E-state index in [2.05, 4.69) is 14.9 Å². The van der Waals surface area contributed by atoms with E-state index in [9.17, 15) is 9.59 Å². The standard InChI is InChI=1S/C25H28N6O3/c1-29-23(32)15-21(20-9-10-26-17-27-20)28-25(29)31-13-14-34-22(16-31)18-5-7-19(8-6-18)24(33)30-11-3-2-4-12-30/h5-10,15,17,22H,2-4,11-14,16H2,1H3/t22-/m1/s1. The Morgan fingerprint density at radius 3 is 2.56 bits per heavy atom. The molecule has 1 atom stereocenters. The highest BCUT2D eigenvalue weighted by molar-refractivity contribution is 5.94. The zero-order chi connectivity index (χ0) is 23.5. The average molecular weight is 461 g/mol. The van der Waals surface area contributed by atoms with Gasteiger partial charge >= 0.3 is 0 Å². The summed E-state index contributed by atoms with van der Waals surface area (Å²) in [5.74, 6) is 0.671. The van der Waals surface area contributed by atoms with Crippen LogP contribution in [-0.2, 0) is 11.8 Å². The van der Waals surface area contributed by atoms with Crippen molar-refractivity contribution in [3.05, 3.63) is 70.4 Å². The SMILES string of the molecule is Cn1c(N2CCO[C@@H](c3ccc(C(=O)N4CCCCC4)cc3)C2)nc(-c2ccncn2)cc1=O. The van der Waals surface area contributed by atoms with E-state index in [1.54, 1.807) is 23.9 Å². The van der Waals surface area contributed by atoms with Crippen molar-refractivity contribution >= 4 is 11.9 Å². The maximum absolute atomic E-state index is 12.8. The third-order valence-corrected chi connectivity index (χ3v) is 6.48. The van der Waals surface area contributed by atoms with Gasteiger partial charge in [0.15, 0.2) is 0 Å². The van der Waals surface area contributed by atoms with Gasteiger partial charge < -0.3 is 14.5 Å². The number of amides is 1. The van der Waals surface area contributed by atoms with Gasteiger partial charge in [0.05, 0.1) is 24.5 Å². The normalized spacial score (nSPS) is 18.7. The van der Waals surface area contributed by atoms with E-state index < -0.39 is 0 Å². The molecule has 4 heterocycles. The first-order valence-electron chi connectivity index (χ1n) is 11.7. The minimum Gasteiger partial charge on any atom is -0.370 e. The van der Waals surface area contributed by atoms with Gasteiger partial charge in [0.25, 0.3) is 11.5 Å². The number of hydrogen-bond donors (Lipinski definition) is 0. The minimum atomic E-state index is -0.188. The number of carbonyl (C=O) groups excluding carboxylic acids is 1. The molecule has 176 valence electrons. The van der Waals surface area contributed by atoms with Gasteiger partial charge in [0.1, 0.15) is 12.4 Å². The largest absolute Gasteiger partial charge is 0.370 e. The summed E-state index contributed by atoms with van der Waals surface area (Å²) in [5.41, 5.74) is 2.68. The molecule has 0 radical (unpaired) electrons. The summed E-state index contributed by atoms with van der Waals surface area (Å²) in [7, 11) is 1.72. The van der Waals surface area contributed by atoms with Crippen LogP contribution in [0.2, 0.25) is 0 Å². The van der Waals surface area contributed by atoms with Crippen molar-refractivity contribution in [1.82, 2.24) is 24.4 Å². The van der Waals surface area contributed by atoms with Gasteiger partial charge in [-0.25, -0.2) is 15.0 Å². The Bertz CT molecular complexity index is 1210. The quantitative estimate of drug-likeness (QED) is 0.590. The van der Waals surface area contributed by atoms with E-state index in [1.807, 2.05) is 29.2 Å². The highest BCUT2D eigenvalue weighted by Gasteiger charge is 2.26. The number of rotatable bonds is 4. The predicted octanol–water partition coefficient (Wildman–Crippen LogP) is 2.44. The Balaban J connectivity index is 1.35. The molecule has 0 unspecified atom stereocenters. The van der Waals surface area contributed by atoms with Gasteiger partial charge in [-0.3, -0.25) is 14.2 Å². The molecule has 0 N–H and O–H groups in total. The van der Waals surface area contributed by atoms with Gasteiger partial charge in [-0.1, -0.05) is 12.1 Å². The Morgan fingerprint density at radius 2 is 1.82 bits per heavy atom. The predicted molar refractivity (Wildman–Crippen MR) is 128 cm³/mol. The lowest BCUT2D eigenvalue weighted by atomic mass is 10.0. The van der Waals surface area contributed by atoms with E-state index >= 15 is 0 Å². The molecule has 9 nitrogen and oxygen atoms in total. The van der Waals surface area contributed by atoms with Gasteiger partial charge in [-0.15, -0.1) is 0 Å². The molecule has 0 spiro atoms. The molecule has 2 fully saturated rings. The summed E-state index contributed by atoms with van der Waals surface area (Å²) >= 11 is 0. The molecule has 2 aliphatic rings. The molecule has 2 aromatic heterocycles. The number of ether oxygens (including phenoxy) is 1. The number of nitrogens with zero attached hydrogens (tertiary/aromatic N) is 6. The topological polar surface area (TPSA) is 93.4 Å². The third-order valence-electron chi connectivity index (χ3n) is 6.48. The van der Waals surface area contributed by atoms with Gasteiger partial charge in [-0.2, -0.15) is 0 Å². The number of hydrogen-bond acceptors (Lipinski definition) is 7. The smallest absolute Gasteiger partial charge is 0.255 e. The van der Waals surface area contributed by atoms with Crippen molar-refractivity contribution in [1.29, 1.82) is 0 Å². The van der Waals surface area contributed by atoms with Crippen molar-refractivity contribution in [2.75, 3.05) is 37.7 Å². The maximum atomic E-state index is 12.8. The van der Waals surface area contributed by atoms with Crippen LogP contribution in [0.1, 0.15) is 41.3 Å². The fourth-order valence-electron chi connectivity index (χ4n) is 4.54. The molecule has 5 rings (SSSR count). The van der Waals surface area contributed by atoms with E-state index in [0.29, 0.717) is 42.6 Å². The Kier molecular flexibility index (Phi) is 6.35. The zero-order valence-corrected chi connectivity index (χ0v) is 19.3. The van der Waals surface area contributed by atoms with E-state index in [1.165, 1.54) is 18.8 Å². The van der Waals surface area contributed by atoms with Crippen LogP contribution in [0.15, 0.2) is 53.7 Å². The maximum Gasteiger partial charge on any atom is 0.255 e. The van der Waals surface area contributed by atoms with E-state index in [-0.39, 0.29) is 17.6 Å². The minimum absolute atomic E-state index is 0.0955. The van der Waals surface area contributed by atoms with Gasteiger partial charge in [-0.05, 0) is 43.0 Å². The second-order valence-electron chi connectivity index (χ2n) is 8.71. The molecule has 0 aliphatic carbocycles. The summed E-state index contributed by atoms with van der Waals surface area (Å²) in [6, 6.07) is 10.9. The van der Waals surface area contributed by atoms with Crippen molar-refractivity contribution in [3.63, 3.8) is 0 Å².